The molecule has 0 radical (unpaired) electrons. The Balaban J connectivity index is 1.67. The van der Waals surface area contributed by atoms with Gasteiger partial charge in [-0.3, -0.25) is 4.57 Å². The molecule has 146 valence electrons. The molecule has 0 aliphatic heterocycles. The average Bonchev–Trinajstić information content (AvgIpc) is 3.41. The third-order valence-corrected chi connectivity index (χ3v) is 6.16. The monoisotopic (exact) mass is 443 g/mol. The number of rotatable bonds is 5. The molecule has 0 bridgehead atoms. The summed E-state index contributed by atoms with van der Waals surface area (Å²) in [6, 6.07) is 10.8. The van der Waals surface area contributed by atoms with Gasteiger partial charge < -0.3 is 0 Å². The number of alkyl halides is 3. The number of hydrogen-bond donors (Lipinski definition) is 0. The van der Waals surface area contributed by atoms with Crippen LogP contribution in [0.25, 0.3) is 5.69 Å². The van der Waals surface area contributed by atoms with E-state index in [1.165, 1.54) is 23.9 Å². The Bertz CT molecular complexity index is 1020. The number of aromatic nitrogens is 3. The highest BCUT2D eigenvalue weighted by Crippen LogP contribution is 2.42. The summed E-state index contributed by atoms with van der Waals surface area (Å²) < 4.78 is 41.6. The molecule has 0 amide bonds. The molecule has 0 unspecified atom stereocenters. The molecule has 1 saturated carbocycles. The Morgan fingerprint density at radius 2 is 1.79 bits per heavy atom. The molecule has 1 fully saturated rings. The number of hydrogen-bond acceptors (Lipinski definition) is 3. The van der Waals surface area contributed by atoms with Gasteiger partial charge in [0.25, 0.3) is 0 Å². The fourth-order valence-electron chi connectivity index (χ4n) is 2.91. The molecule has 28 heavy (non-hydrogen) atoms. The van der Waals surface area contributed by atoms with Gasteiger partial charge >= 0.3 is 6.18 Å². The summed E-state index contributed by atoms with van der Waals surface area (Å²) in [6.45, 7) is 0. The maximum absolute atomic E-state index is 13.2. The molecule has 1 aliphatic rings. The third-order valence-electron chi connectivity index (χ3n) is 4.44. The van der Waals surface area contributed by atoms with E-state index in [1.54, 1.807) is 24.3 Å². The zero-order valence-electron chi connectivity index (χ0n) is 14.4. The molecular weight excluding hydrogens is 430 g/mol. The molecule has 1 aliphatic carbocycles. The van der Waals surface area contributed by atoms with Crippen LogP contribution in [0.2, 0.25) is 10.0 Å². The first-order valence-corrected chi connectivity index (χ1v) is 10.3. The van der Waals surface area contributed by atoms with Crippen molar-refractivity contribution in [2.45, 2.75) is 35.8 Å². The molecular formula is C19H14Cl2F3N3S. The zero-order chi connectivity index (χ0) is 19.9. The first-order chi connectivity index (χ1) is 13.3. The third kappa shape index (κ3) is 4.02. The first kappa shape index (κ1) is 19.6. The van der Waals surface area contributed by atoms with Crippen molar-refractivity contribution in [3.05, 3.63) is 69.5 Å². The zero-order valence-corrected chi connectivity index (χ0v) is 16.7. The number of benzene rings is 2. The van der Waals surface area contributed by atoms with Gasteiger partial charge in [0.1, 0.15) is 5.82 Å². The Labute approximate surface area is 173 Å². The van der Waals surface area contributed by atoms with Crippen LogP contribution in [-0.2, 0) is 11.9 Å². The maximum atomic E-state index is 13.2. The minimum Gasteiger partial charge on any atom is -0.274 e. The SMILES string of the molecule is FC(F)(F)c1ccccc1CSc1nnc(C2CC2)n1-c1ccc(Cl)c(Cl)c1. The highest BCUT2D eigenvalue weighted by Gasteiger charge is 2.34. The first-order valence-electron chi connectivity index (χ1n) is 8.53. The van der Waals surface area contributed by atoms with Gasteiger partial charge in [-0.05, 0) is 42.7 Å². The number of nitrogens with zero attached hydrogens (tertiary/aromatic N) is 3. The van der Waals surface area contributed by atoms with Crippen molar-refractivity contribution in [1.82, 2.24) is 14.8 Å². The second-order valence-corrected chi connectivity index (χ2v) is 8.25. The van der Waals surface area contributed by atoms with Gasteiger partial charge in [-0.25, -0.2) is 0 Å². The molecule has 3 aromatic rings. The minimum absolute atomic E-state index is 0.125. The van der Waals surface area contributed by atoms with E-state index in [2.05, 4.69) is 10.2 Å². The Morgan fingerprint density at radius 3 is 2.46 bits per heavy atom. The largest absolute Gasteiger partial charge is 0.416 e. The predicted molar refractivity (Wildman–Crippen MR) is 104 cm³/mol. The van der Waals surface area contributed by atoms with Crippen LogP contribution in [0, 0.1) is 0 Å². The predicted octanol–water partition coefficient (Wildman–Crippen LogP) is 6.76. The van der Waals surface area contributed by atoms with Crippen molar-refractivity contribution in [2.75, 3.05) is 0 Å². The summed E-state index contributed by atoms with van der Waals surface area (Å²) in [6.07, 6.45) is -2.37. The van der Waals surface area contributed by atoms with Crippen molar-refractivity contribution in [3.8, 4) is 5.69 Å². The smallest absolute Gasteiger partial charge is 0.274 e. The van der Waals surface area contributed by atoms with Gasteiger partial charge in [0.2, 0.25) is 0 Å². The maximum Gasteiger partial charge on any atom is 0.416 e. The van der Waals surface area contributed by atoms with Crippen LogP contribution >= 0.6 is 35.0 Å². The van der Waals surface area contributed by atoms with E-state index < -0.39 is 11.7 Å². The molecule has 2 aromatic carbocycles. The fraction of sp³-hybridized carbons (Fsp3) is 0.263. The van der Waals surface area contributed by atoms with Crippen LogP contribution in [-0.4, -0.2) is 14.8 Å². The van der Waals surface area contributed by atoms with Crippen LogP contribution < -0.4 is 0 Å². The van der Waals surface area contributed by atoms with Crippen LogP contribution in [0.15, 0.2) is 47.6 Å². The molecule has 0 atom stereocenters. The fourth-order valence-corrected chi connectivity index (χ4v) is 4.17. The molecule has 0 N–H and O–H groups in total. The van der Waals surface area contributed by atoms with E-state index >= 15 is 0 Å². The lowest BCUT2D eigenvalue weighted by Crippen LogP contribution is -2.08. The highest BCUT2D eigenvalue weighted by atomic mass is 35.5. The van der Waals surface area contributed by atoms with E-state index in [9.17, 15) is 13.2 Å². The van der Waals surface area contributed by atoms with Crippen LogP contribution in [0.3, 0.4) is 0 Å². The van der Waals surface area contributed by atoms with Crippen LogP contribution in [0.5, 0.6) is 0 Å². The number of thioether (sulfide) groups is 1. The molecule has 1 aromatic heterocycles. The summed E-state index contributed by atoms with van der Waals surface area (Å²) in [5.41, 5.74) is 0.315. The summed E-state index contributed by atoms with van der Waals surface area (Å²) >= 11 is 13.4. The van der Waals surface area contributed by atoms with Crippen molar-refractivity contribution in [1.29, 1.82) is 0 Å². The molecule has 9 heteroatoms. The second-order valence-electron chi connectivity index (χ2n) is 6.49. The van der Waals surface area contributed by atoms with Gasteiger partial charge in [-0.15, -0.1) is 10.2 Å². The van der Waals surface area contributed by atoms with Crippen LogP contribution in [0.4, 0.5) is 13.2 Å². The van der Waals surface area contributed by atoms with Crippen LogP contribution in [0.1, 0.15) is 35.7 Å². The van der Waals surface area contributed by atoms with E-state index in [4.69, 9.17) is 23.2 Å². The topological polar surface area (TPSA) is 30.7 Å². The summed E-state index contributed by atoms with van der Waals surface area (Å²) in [5.74, 6) is 1.23. The van der Waals surface area contributed by atoms with E-state index in [-0.39, 0.29) is 11.3 Å². The Hall–Kier alpha value is -1.70. The van der Waals surface area contributed by atoms with Gasteiger partial charge in [-0.1, -0.05) is 53.2 Å². The number of halogens is 5. The lowest BCUT2D eigenvalue weighted by molar-refractivity contribution is -0.138. The lowest BCUT2D eigenvalue weighted by Gasteiger charge is -2.13. The van der Waals surface area contributed by atoms with Gasteiger partial charge in [0.05, 0.1) is 21.3 Å². The molecule has 1 heterocycles. The van der Waals surface area contributed by atoms with Crippen molar-refractivity contribution >= 4 is 35.0 Å². The minimum atomic E-state index is -4.40. The summed E-state index contributed by atoms with van der Waals surface area (Å²) in [7, 11) is 0. The van der Waals surface area contributed by atoms with Crippen molar-refractivity contribution < 1.29 is 13.2 Å². The van der Waals surface area contributed by atoms with Gasteiger partial charge in [0.15, 0.2) is 5.16 Å². The highest BCUT2D eigenvalue weighted by molar-refractivity contribution is 7.98. The Kier molecular flexibility index (Phi) is 5.33. The average molecular weight is 444 g/mol. The second kappa shape index (κ2) is 7.61. The van der Waals surface area contributed by atoms with Gasteiger partial charge in [0, 0.05) is 11.7 Å². The van der Waals surface area contributed by atoms with Gasteiger partial charge in [-0.2, -0.15) is 13.2 Å². The molecule has 0 spiro atoms. The normalized spacial score (nSPS) is 14.5. The summed E-state index contributed by atoms with van der Waals surface area (Å²) in [4.78, 5) is 0. The van der Waals surface area contributed by atoms with E-state index in [1.807, 2.05) is 4.57 Å². The Morgan fingerprint density at radius 1 is 1.04 bits per heavy atom. The quantitative estimate of drug-likeness (QED) is 0.408. The lowest BCUT2D eigenvalue weighted by atomic mass is 10.1. The van der Waals surface area contributed by atoms with Crippen molar-refractivity contribution in [3.63, 3.8) is 0 Å². The summed E-state index contributed by atoms with van der Waals surface area (Å²) in [5, 5.41) is 9.87. The molecule has 3 nitrogen and oxygen atoms in total. The molecule has 0 saturated heterocycles. The van der Waals surface area contributed by atoms with E-state index in [0.29, 0.717) is 21.1 Å². The van der Waals surface area contributed by atoms with E-state index in [0.717, 1.165) is 30.4 Å². The molecule has 4 rings (SSSR count). The standard InChI is InChI=1S/C19H14Cl2F3N3S/c20-15-8-7-13(9-16(15)21)27-17(11-5-6-11)25-26-18(27)28-10-12-3-1-2-4-14(12)19(22,23)24/h1-4,7-9,11H,5-6,10H2. The van der Waals surface area contributed by atoms with Crippen molar-refractivity contribution in [2.24, 2.45) is 0 Å².